The number of fused-ring (bicyclic) bond motifs is 1. The predicted molar refractivity (Wildman–Crippen MR) is 74.5 cm³/mol. The minimum atomic E-state index is -0.365. The standard InChI is InChI=1S/C12H11BrFN5O/c1-6-16-11(18-20-6)2-3-19-10-4-7(13)8(14)5-9(10)17-12(19)15/h4-5H,2-3H2,1H3,(H2,15,17). The van der Waals surface area contributed by atoms with Gasteiger partial charge in [0.15, 0.2) is 5.82 Å². The monoisotopic (exact) mass is 339 g/mol. The molecular formula is C12H11BrFN5O. The van der Waals surface area contributed by atoms with E-state index in [4.69, 9.17) is 10.3 Å². The van der Waals surface area contributed by atoms with Crippen LogP contribution in [0, 0.1) is 12.7 Å². The molecule has 0 radical (unpaired) electrons. The fourth-order valence-electron chi connectivity index (χ4n) is 2.03. The van der Waals surface area contributed by atoms with Crippen molar-refractivity contribution in [1.82, 2.24) is 19.7 Å². The summed E-state index contributed by atoms with van der Waals surface area (Å²) in [5.41, 5.74) is 7.15. The number of nitrogens with two attached hydrogens (primary N) is 1. The second-order valence-corrected chi connectivity index (χ2v) is 5.21. The van der Waals surface area contributed by atoms with Gasteiger partial charge in [0.05, 0.1) is 15.5 Å². The van der Waals surface area contributed by atoms with Gasteiger partial charge in [0.25, 0.3) is 0 Å². The van der Waals surface area contributed by atoms with E-state index in [-0.39, 0.29) is 5.82 Å². The number of halogens is 2. The lowest BCUT2D eigenvalue weighted by Crippen LogP contribution is -2.06. The topological polar surface area (TPSA) is 82.8 Å². The molecule has 0 aliphatic rings. The van der Waals surface area contributed by atoms with Gasteiger partial charge in [-0.3, -0.25) is 0 Å². The molecule has 104 valence electrons. The van der Waals surface area contributed by atoms with Crippen molar-refractivity contribution in [2.45, 2.75) is 19.9 Å². The Hall–Kier alpha value is -1.96. The summed E-state index contributed by atoms with van der Waals surface area (Å²) in [4.78, 5) is 8.28. The molecule has 2 N–H and O–H groups in total. The number of rotatable bonds is 3. The molecule has 0 aliphatic carbocycles. The zero-order valence-corrected chi connectivity index (χ0v) is 12.2. The Morgan fingerprint density at radius 2 is 2.20 bits per heavy atom. The van der Waals surface area contributed by atoms with Crippen molar-refractivity contribution in [2.75, 3.05) is 5.73 Å². The molecule has 20 heavy (non-hydrogen) atoms. The van der Waals surface area contributed by atoms with Gasteiger partial charge in [0.1, 0.15) is 5.82 Å². The Morgan fingerprint density at radius 1 is 1.40 bits per heavy atom. The summed E-state index contributed by atoms with van der Waals surface area (Å²) in [6, 6.07) is 3.01. The summed E-state index contributed by atoms with van der Waals surface area (Å²) in [5.74, 6) is 1.09. The van der Waals surface area contributed by atoms with Gasteiger partial charge in [-0.15, -0.1) is 0 Å². The molecule has 0 amide bonds. The van der Waals surface area contributed by atoms with Crippen molar-refractivity contribution in [3.63, 3.8) is 0 Å². The van der Waals surface area contributed by atoms with Crippen LogP contribution in [-0.2, 0) is 13.0 Å². The average molecular weight is 340 g/mol. The number of imidazole rings is 1. The van der Waals surface area contributed by atoms with Crippen molar-refractivity contribution in [2.24, 2.45) is 0 Å². The molecule has 2 heterocycles. The summed E-state index contributed by atoms with van der Waals surface area (Å²) in [6.45, 7) is 2.27. The molecule has 6 nitrogen and oxygen atoms in total. The van der Waals surface area contributed by atoms with E-state index in [1.54, 1.807) is 17.6 Å². The predicted octanol–water partition coefficient (Wildman–Crippen LogP) is 2.45. The fourth-order valence-corrected chi connectivity index (χ4v) is 2.36. The Labute approximate surface area is 121 Å². The van der Waals surface area contributed by atoms with Crippen LogP contribution >= 0.6 is 15.9 Å². The van der Waals surface area contributed by atoms with E-state index < -0.39 is 0 Å². The Balaban J connectivity index is 1.94. The summed E-state index contributed by atoms with van der Waals surface area (Å²) in [5, 5.41) is 3.83. The summed E-state index contributed by atoms with van der Waals surface area (Å²) in [7, 11) is 0. The van der Waals surface area contributed by atoms with Crippen LogP contribution in [0.1, 0.15) is 11.7 Å². The number of benzene rings is 1. The maximum Gasteiger partial charge on any atom is 0.223 e. The molecule has 0 fully saturated rings. The summed E-state index contributed by atoms with van der Waals surface area (Å²) < 4.78 is 20.6. The van der Waals surface area contributed by atoms with Gasteiger partial charge in [0.2, 0.25) is 11.8 Å². The Morgan fingerprint density at radius 3 is 2.90 bits per heavy atom. The SMILES string of the molecule is Cc1nc(CCn2c(N)nc3cc(F)c(Br)cc32)no1. The third kappa shape index (κ3) is 2.26. The quantitative estimate of drug-likeness (QED) is 0.792. The maximum absolute atomic E-state index is 13.5. The van der Waals surface area contributed by atoms with E-state index in [9.17, 15) is 4.39 Å². The van der Waals surface area contributed by atoms with Gasteiger partial charge >= 0.3 is 0 Å². The number of aryl methyl sites for hydroxylation is 3. The fraction of sp³-hybridized carbons (Fsp3) is 0.250. The minimum Gasteiger partial charge on any atom is -0.369 e. The summed E-state index contributed by atoms with van der Waals surface area (Å²) in [6.07, 6.45) is 0.558. The van der Waals surface area contributed by atoms with Crippen LogP contribution < -0.4 is 5.73 Å². The van der Waals surface area contributed by atoms with E-state index in [1.807, 2.05) is 0 Å². The normalized spacial score (nSPS) is 11.3. The Bertz CT molecular complexity index is 782. The van der Waals surface area contributed by atoms with Gasteiger partial charge in [-0.1, -0.05) is 5.16 Å². The molecular weight excluding hydrogens is 329 g/mol. The first kappa shape index (κ1) is 13.0. The second-order valence-electron chi connectivity index (χ2n) is 4.36. The largest absolute Gasteiger partial charge is 0.369 e. The average Bonchev–Trinajstić information content (AvgIpc) is 2.92. The van der Waals surface area contributed by atoms with Crippen molar-refractivity contribution < 1.29 is 8.91 Å². The summed E-state index contributed by atoms with van der Waals surface area (Å²) >= 11 is 3.16. The van der Waals surface area contributed by atoms with E-state index in [1.165, 1.54) is 6.07 Å². The Kier molecular flexibility index (Phi) is 3.17. The highest BCUT2D eigenvalue weighted by Gasteiger charge is 2.12. The van der Waals surface area contributed by atoms with Crippen LogP contribution in [-0.4, -0.2) is 19.7 Å². The zero-order valence-electron chi connectivity index (χ0n) is 10.6. The van der Waals surface area contributed by atoms with E-state index in [0.717, 1.165) is 5.52 Å². The van der Waals surface area contributed by atoms with Gasteiger partial charge in [0, 0.05) is 26.0 Å². The van der Waals surface area contributed by atoms with Crippen LogP contribution in [0.3, 0.4) is 0 Å². The van der Waals surface area contributed by atoms with Crippen molar-refractivity contribution in [3.05, 3.63) is 34.1 Å². The van der Waals surface area contributed by atoms with Crippen LogP contribution in [0.2, 0.25) is 0 Å². The van der Waals surface area contributed by atoms with Crippen LogP contribution in [0.5, 0.6) is 0 Å². The molecule has 0 aliphatic heterocycles. The first-order valence-corrected chi connectivity index (χ1v) is 6.74. The molecule has 2 aromatic heterocycles. The molecule has 0 saturated heterocycles. The van der Waals surface area contributed by atoms with E-state index >= 15 is 0 Å². The molecule has 0 unspecified atom stereocenters. The molecule has 0 bridgehead atoms. The van der Waals surface area contributed by atoms with Crippen molar-refractivity contribution in [1.29, 1.82) is 0 Å². The minimum absolute atomic E-state index is 0.331. The molecule has 8 heteroatoms. The molecule has 3 aromatic rings. The first-order chi connectivity index (χ1) is 9.54. The van der Waals surface area contributed by atoms with Crippen LogP contribution in [0.4, 0.5) is 10.3 Å². The lowest BCUT2D eigenvalue weighted by Gasteiger charge is -2.04. The molecule has 3 rings (SSSR count). The number of anilines is 1. The third-order valence-corrected chi connectivity index (χ3v) is 3.56. The highest BCUT2D eigenvalue weighted by atomic mass is 79.9. The maximum atomic E-state index is 13.5. The number of nitrogens with zero attached hydrogens (tertiary/aromatic N) is 4. The number of aromatic nitrogens is 4. The van der Waals surface area contributed by atoms with Crippen LogP contribution in [0.15, 0.2) is 21.1 Å². The van der Waals surface area contributed by atoms with Crippen molar-refractivity contribution >= 4 is 32.9 Å². The zero-order chi connectivity index (χ0) is 14.3. The molecule has 1 aromatic carbocycles. The van der Waals surface area contributed by atoms with Crippen molar-refractivity contribution in [3.8, 4) is 0 Å². The second kappa shape index (κ2) is 4.86. The highest BCUT2D eigenvalue weighted by molar-refractivity contribution is 9.10. The molecule has 0 saturated carbocycles. The number of hydrogen-bond acceptors (Lipinski definition) is 5. The van der Waals surface area contributed by atoms with Gasteiger partial charge < -0.3 is 14.8 Å². The number of nitrogen functional groups attached to an aromatic ring is 1. The van der Waals surface area contributed by atoms with E-state index in [2.05, 4.69) is 31.1 Å². The molecule has 0 spiro atoms. The third-order valence-electron chi connectivity index (χ3n) is 2.95. The first-order valence-electron chi connectivity index (χ1n) is 5.94. The number of hydrogen-bond donors (Lipinski definition) is 1. The van der Waals surface area contributed by atoms with E-state index in [0.29, 0.717) is 40.6 Å². The molecule has 0 atom stereocenters. The van der Waals surface area contributed by atoms with Gasteiger partial charge in [-0.2, -0.15) is 4.98 Å². The smallest absolute Gasteiger partial charge is 0.223 e. The van der Waals surface area contributed by atoms with Gasteiger partial charge in [-0.05, 0) is 22.0 Å². The lowest BCUT2D eigenvalue weighted by atomic mass is 10.3. The lowest BCUT2D eigenvalue weighted by molar-refractivity contribution is 0.386. The van der Waals surface area contributed by atoms with Gasteiger partial charge in [-0.25, -0.2) is 9.37 Å². The highest BCUT2D eigenvalue weighted by Crippen LogP contribution is 2.25. The van der Waals surface area contributed by atoms with Crippen LogP contribution in [0.25, 0.3) is 11.0 Å².